The number of rotatable bonds is 8. The Kier molecular flexibility index (Phi) is 4.70. The molecule has 0 aromatic heterocycles. The van der Waals surface area contributed by atoms with E-state index < -0.39 is 0 Å². The largest absolute Gasteiger partial charge is 0.508 e. The molecule has 5 rings (SSSR count). The molecule has 0 bridgehead atoms. The Morgan fingerprint density at radius 2 is 1.14 bits per heavy atom. The van der Waals surface area contributed by atoms with Crippen molar-refractivity contribution in [3.05, 3.63) is 52.1 Å². The van der Waals surface area contributed by atoms with E-state index in [1.807, 2.05) is 24.3 Å². The second-order valence-corrected chi connectivity index (χ2v) is 7.95. The van der Waals surface area contributed by atoms with Crippen LogP contribution in [0, 0.1) is 0 Å². The fourth-order valence-electron chi connectivity index (χ4n) is 3.73. The summed E-state index contributed by atoms with van der Waals surface area (Å²) in [5, 5.41) is 31.6. The van der Waals surface area contributed by atoms with Crippen molar-refractivity contribution in [1.82, 2.24) is 0 Å². The van der Waals surface area contributed by atoms with Gasteiger partial charge in [-0.25, -0.2) is 0 Å². The molecule has 0 spiro atoms. The van der Waals surface area contributed by atoms with Crippen molar-refractivity contribution in [1.29, 1.82) is 0 Å². The first kappa shape index (κ1) is 18.5. The fraction of sp³-hybridized carbons (Fsp3) is 0.391. The van der Waals surface area contributed by atoms with Crippen LogP contribution in [0.3, 0.4) is 0 Å². The average molecular weight is 396 g/mol. The number of phenols is 3. The third kappa shape index (κ3) is 4.24. The molecule has 6 nitrogen and oxygen atoms in total. The molecule has 0 saturated carbocycles. The molecule has 152 valence electrons. The van der Waals surface area contributed by atoms with Crippen molar-refractivity contribution in [2.24, 2.45) is 0 Å². The topological polar surface area (TPSA) is 98.3 Å². The molecular weight excluding hydrogens is 372 g/mol. The van der Waals surface area contributed by atoms with Gasteiger partial charge in [-0.2, -0.15) is 0 Å². The van der Waals surface area contributed by atoms with E-state index in [0.29, 0.717) is 44.6 Å². The second-order valence-electron chi connectivity index (χ2n) is 7.95. The SMILES string of the molecule is Oc1ccc(C=Cc2c(CC3CO3)c(O)c(CC3CO3)c(O)c2CC2CO2)cc1. The number of benzene rings is 2. The molecule has 3 N–H and O–H groups in total. The van der Waals surface area contributed by atoms with Crippen LogP contribution < -0.4 is 0 Å². The molecule has 0 amide bonds. The quantitative estimate of drug-likeness (QED) is 0.469. The summed E-state index contributed by atoms with van der Waals surface area (Å²) >= 11 is 0. The van der Waals surface area contributed by atoms with Crippen molar-refractivity contribution >= 4 is 12.2 Å². The maximum Gasteiger partial charge on any atom is 0.126 e. The van der Waals surface area contributed by atoms with Crippen LogP contribution in [0.25, 0.3) is 12.2 Å². The van der Waals surface area contributed by atoms with Gasteiger partial charge in [0.25, 0.3) is 0 Å². The molecule has 3 aliphatic rings. The highest BCUT2D eigenvalue weighted by Crippen LogP contribution is 2.43. The van der Waals surface area contributed by atoms with Gasteiger partial charge in [0.05, 0.1) is 38.1 Å². The van der Waals surface area contributed by atoms with Gasteiger partial charge in [-0.3, -0.25) is 0 Å². The molecule has 2 aromatic carbocycles. The van der Waals surface area contributed by atoms with Crippen LogP contribution in [-0.4, -0.2) is 53.5 Å². The Labute approximate surface area is 169 Å². The predicted octanol–water partition coefficient (Wildman–Crippen LogP) is 2.80. The Morgan fingerprint density at radius 3 is 1.59 bits per heavy atom. The first-order valence-corrected chi connectivity index (χ1v) is 9.99. The zero-order valence-corrected chi connectivity index (χ0v) is 16.0. The normalized spacial score (nSPS) is 24.8. The first-order valence-electron chi connectivity index (χ1n) is 9.99. The van der Waals surface area contributed by atoms with Crippen LogP contribution >= 0.6 is 0 Å². The lowest BCUT2D eigenvalue weighted by Crippen LogP contribution is -2.08. The zero-order valence-electron chi connectivity index (χ0n) is 16.0. The van der Waals surface area contributed by atoms with Gasteiger partial charge in [-0.1, -0.05) is 24.3 Å². The minimum atomic E-state index is 0.0558. The van der Waals surface area contributed by atoms with Crippen molar-refractivity contribution in [2.45, 2.75) is 37.6 Å². The second kappa shape index (κ2) is 7.37. The van der Waals surface area contributed by atoms with E-state index in [2.05, 4.69) is 0 Å². The number of hydrogen-bond donors (Lipinski definition) is 3. The Morgan fingerprint density at radius 1 is 0.690 bits per heavy atom. The van der Waals surface area contributed by atoms with Gasteiger partial charge in [-0.05, 0) is 23.3 Å². The fourth-order valence-corrected chi connectivity index (χ4v) is 3.73. The molecule has 3 unspecified atom stereocenters. The highest BCUT2D eigenvalue weighted by atomic mass is 16.6. The molecule has 6 heteroatoms. The molecule has 3 atom stereocenters. The van der Waals surface area contributed by atoms with Gasteiger partial charge in [0.2, 0.25) is 0 Å². The molecule has 3 saturated heterocycles. The summed E-state index contributed by atoms with van der Waals surface area (Å²) in [4.78, 5) is 0. The summed E-state index contributed by atoms with van der Waals surface area (Å²) in [5.41, 5.74) is 3.89. The molecule has 3 heterocycles. The monoisotopic (exact) mass is 396 g/mol. The summed E-state index contributed by atoms with van der Waals surface area (Å²) in [7, 11) is 0. The van der Waals surface area contributed by atoms with Crippen molar-refractivity contribution < 1.29 is 29.5 Å². The van der Waals surface area contributed by atoms with Crippen LogP contribution in [0.2, 0.25) is 0 Å². The average Bonchev–Trinajstić information content (AvgIpc) is 3.54. The van der Waals surface area contributed by atoms with Crippen LogP contribution in [0.15, 0.2) is 24.3 Å². The molecule has 2 aromatic rings. The summed E-state index contributed by atoms with van der Waals surface area (Å²) in [5.74, 6) is 0.487. The minimum Gasteiger partial charge on any atom is -0.508 e. The van der Waals surface area contributed by atoms with Crippen LogP contribution in [0.5, 0.6) is 17.2 Å². The maximum atomic E-state index is 11.0. The van der Waals surface area contributed by atoms with Gasteiger partial charge >= 0.3 is 0 Å². The first-order chi connectivity index (χ1) is 14.1. The van der Waals surface area contributed by atoms with E-state index in [0.717, 1.165) is 22.3 Å². The van der Waals surface area contributed by atoms with E-state index in [4.69, 9.17) is 14.2 Å². The summed E-state index contributed by atoms with van der Waals surface area (Å²) in [6.45, 7) is 2.02. The summed E-state index contributed by atoms with van der Waals surface area (Å²) in [6, 6.07) is 6.89. The molecule has 3 aliphatic heterocycles. The molecular formula is C23H24O6. The lowest BCUT2D eigenvalue weighted by atomic mass is 9.88. The van der Waals surface area contributed by atoms with Crippen molar-refractivity contribution in [3.63, 3.8) is 0 Å². The third-order valence-corrected chi connectivity index (χ3v) is 5.63. The standard InChI is InChI=1S/C23H24O6/c24-14-4-1-13(2-5-14)3-6-18-19(7-15-10-27-15)22(25)21(9-17-12-29-17)23(26)20(18)8-16-11-28-16/h1-6,15-17,24-26H,7-12H2. The number of phenolic OH excluding ortho intramolecular Hbond substituents is 3. The van der Waals surface area contributed by atoms with Gasteiger partial charge in [-0.15, -0.1) is 0 Å². The van der Waals surface area contributed by atoms with Crippen LogP contribution in [0.4, 0.5) is 0 Å². The number of epoxide rings is 3. The zero-order chi connectivity index (χ0) is 20.0. The molecule has 0 radical (unpaired) electrons. The predicted molar refractivity (Wildman–Crippen MR) is 107 cm³/mol. The lowest BCUT2D eigenvalue weighted by molar-refractivity contribution is 0.381. The maximum absolute atomic E-state index is 11.0. The Bertz CT molecular complexity index is 896. The van der Waals surface area contributed by atoms with Gasteiger partial charge in [0.1, 0.15) is 17.2 Å². The molecule has 0 aliphatic carbocycles. The smallest absolute Gasteiger partial charge is 0.126 e. The molecule has 29 heavy (non-hydrogen) atoms. The number of aromatic hydroxyl groups is 3. The van der Waals surface area contributed by atoms with Crippen LogP contribution in [0.1, 0.15) is 27.8 Å². The third-order valence-electron chi connectivity index (χ3n) is 5.63. The highest BCUT2D eigenvalue weighted by Gasteiger charge is 2.34. The van der Waals surface area contributed by atoms with Crippen LogP contribution in [-0.2, 0) is 33.5 Å². The van der Waals surface area contributed by atoms with Crippen molar-refractivity contribution in [3.8, 4) is 17.2 Å². The minimum absolute atomic E-state index is 0.0558. The number of hydrogen-bond acceptors (Lipinski definition) is 6. The summed E-state index contributed by atoms with van der Waals surface area (Å²) in [6.07, 6.45) is 5.79. The van der Waals surface area contributed by atoms with E-state index in [1.165, 1.54) is 0 Å². The van der Waals surface area contributed by atoms with Gasteiger partial charge < -0.3 is 29.5 Å². The van der Waals surface area contributed by atoms with E-state index >= 15 is 0 Å². The van der Waals surface area contributed by atoms with E-state index in [9.17, 15) is 15.3 Å². The van der Waals surface area contributed by atoms with Gasteiger partial charge in [0, 0.05) is 36.0 Å². The van der Waals surface area contributed by atoms with Gasteiger partial charge in [0.15, 0.2) is 0 Å². The number of ether oxygens (including phenoxy) is 3. The van der Waals surface area contributed by atoms with E-state index in [-0.39, 0.29) is 35.6 Å². The molecule has 3 fully saturated rings. The lowest BCUT2D eigenvalue weighted by Gasteiger charge is -2.19. The summed E-state index contributed by atoms with van der Waals surface area (Å²) < 4.78 is 16.2. The Balaban J connectivity index is 1.59. The Hall–Kier alpha value is -2.54. The highest BCUT2D eigenvalue weighted by molar-refractivity contribution is 5.77. The van der Waals surface area contributed by atoms with Crippen molar-refractivity contribution in [2.75, 3.05) is 19.8 Å². The van der Waals surface area contributed by atoms with E-state index in [1.54, 1.807) is 12.1 Å².